The van der Waals surface area contributed by atoms with Crippen LogP contribution in [0.25, 0.3) is 0 Å². The van der Waals surface area contributed by atoms with Crippen molar-refractivity contribution >= 4 is 0 Å². The minimum absolute atomic E-state index is 0.421. The molecular weight excluding hydrogens is 428 g/mol. The van der Waals surface area contributed by atoms with Crippen molar-refractivity contribution in [1.29, 1.82) is 0 Å². The summed E-state index contributed by atoms with van der Waals surface area (Å²) in [6.07, 6.45) is 7.67. The summed E-state index contributed by atoms with van der Waals surface area (Å²) in [5.74, 6) is 0.841. The molecule has 0 unspecified atom stereocenters. The fourth-order valence-corrected chi connectivity index (χ4v) is 5.76. The second-order valence-electron chi connectivity index (χ2n) is 10.2. The first kappa shape index (κ1) is 22.0. The van der Waals surface area contributed by atoms with Crippen molar-refractivity contribution in [2.24, 2.45) is 0 Å². The van der Waals surface area contributed by atoms with Crippen LogP contribution >= 0.6 is 0 Å². The average Bonchev–Trinajstić information content (AvgIpc) is 2.86. The van der Waals surface area contributed by atoms with Crippen LogP contribution in [0.3, 0.4) is 0 Å². The van der Waals surface area contributed by atoms with Crippen molar-refractivity contribution < 1.29 is 10.2 Å². The summed E-state index contributed by atoms with van der Waals surface area (Å²) in [6, 6.07) is 26.5. The van der Waals surface area contributed by atoms with Gasteiger partial charge in [0.05, 0.1) is 0 Å². The summed E-state index contributed by atoms with van der Waals surface area (Å²) < 4.78 is 0. The van der Waals surface area contributed by atoms with Gasteiger partial charge in [-0.1, -0.05) is 72.8 Å². The first-order valence-corrected chi connectivity index (χ1v) is 12.9. The number of aryl methyl sites for hydroxylation is 8. The van der Waals surface area contributed by atoms with Crippen molar-refractivity contribution in [2.75, 3.05) is 0 Å². The normalized spacial score (nSPS) is 14.9. The van der Waals surface area contributed by atoms with Crippen LogP contribution in [0.4, 0.5) is 0 Å². The van der Waals surface area contributed by atoms with Crippen LogP contribution < -0.4 is 0 Å². The number of phenols is 2. The molecule has 0 heterocycles. The minimum atomic E-state index is 0.421. The number of aromatic hydroxyl groups is 2. The standard InChI is InChI=1S/C33H32O2/c34-32-28-15-11-24-5-1-22(2-6-24)9-13-26(17-19-28)30(32)21-31-27-14-10-23-3-7-25(8-4-23)12-16-29(20-18-27)33(31)35/h1-8,17-20,34-35H,9-16,21H2. The molecule has 0 atom stereocenters. The summed E-state index contributed by atoms with van der Waals surface area (Å²) in [5, 5.41) is 22.9. The lowest BCUT2D eigenvalue weighted by Crippen LogP contribution is -2.07. The molecule has 0 fully saturated rings. The van der Waals surface area contributed by atoms with Gasteiger partial charge in [0.1, 0.15) is 11.5 Å². The molecule has 8 aliphatic rings. The molecule has 8 aliphatic carbocycles. The Labute approximate surface area is 207 Å². The molecule has 0 radical (unpaired) electrons. The van der Waals surface area contributed by atoms with Crippen LogP contribution in [0.2, 0.25) is 0 Å². The Kier molecular flexibility index (Phi) is 5.82. The first-order valence-electron chi connectivity index (χ1n) is 12.9. The average molecular weight is 461 g/mol. The lowest BCUT2D eigenvalue weighted by molar-refractivity contribution is 0.453. The highest BCUT2D eigenvalue weighted by atomic mass is 16.3. The maximum atomic E-state index is 11.4. The zero-order valence-electron chi connectivity index (χ0n) is 20.2. The Morgan fingerprint density at radius 1 is 0.371 bits per heavy atom. The summed E-state index contributed by atoms with van der Waals surface area (Å²) in [5.41, 5.74) is 11.6. The molecule has 0 spiro atoms. The Balaban J connectivity index is 1.40. The van der Waals surface area contributed by atoms with Gasteiger partial charge in [-0.05, 0) is 95.9 Å². The van der Waals surface area contributed by atoms with Crippen molar-refractivity contribution in [3.63, 3.8) is 0 Å². The lowest BCUT2D eigenvalue weighted by Gasteiger charge is -2.21. The second-order valence-corrected chi connectivity index (χ2v) is 10.2. The molecule has 4 aromatic carbocycles. The molecule has 2 N–H and O–H groups in total. The molecule has 0 amide bonds. The SMILES string of the molecule is Oc1c2ccc(c1Cc1c3ccc(c1O)CCc1ccc(cc1)CC3)CCc1ccc(cc1)CC2. The zero-order chi connectivity index (χ0) is 23.8. The van der Waals surface area contributed by atoms with Gasteiger partial charge in [0.15, 0.2) is 0 Å². The second kappa shape index (κ2) is 9.26. The molecule has 4 aromatic rings. The quantitative estimate of drug-likeness (QED) is 0.361. The molecule has 0 saturated carbocycles. The highest BCUT2D eigenvalue weighted by molar-refractivity contribution is 5.54. The van der Waals surface area contributed by atoms with Gasteiger partial charge in [-0.3, -0.25) is 0 Å². The maximum absolute atomic E-state index is 11.4. The smallest absolute Gasteiger partial charge is 0.122 e. The van der Waals surface area contributed by atoms with Crippen LogP contribution in [0.1, 0.15) is 55.6 Å². The van der Waals surface area contributed by atoms with E-state index in [1.54, 1.807) is 0 Å². The van der Waals surface area contributed by atoms with E-state index in [9.17, 15) is 10.2 Å². The number of hydrogen-bond donors (Lipinski definition) is 2. The zero-order valence-corrected chi connectivity index (χ0v) is 20.2. The van der Waals surface area contributed by atoms with Crippen LogP contribution in [0, 0.1) is 0 Å². The van der Waals surface area contributed by atoms with E-state index in [0.29, 0.717) is 17.9 Å². The van der Waals surface area contributed by atoms with Gasteiger partial charge in [0, 0.05) is 17.5 Å². The molecule has 0 saturated heterocycles. The Bertz CT molecular complexity index is 1260. The third-order valence-electron chi connectivity index (χ3n) is 8.06. The summed E-state index contributed by atoms with van der Waals surface area (Å²) in [4.78, 5) is 0. The summed E-state index contributed by atoms with van der Waals surface area (Å²) >= 11 is 0. The predicted octanol–water partition coefficient (Wildman–Crippen LogP) is 6.46. The molecule has 176 valence electrons. The van der Waals surface area contributed by atoms with E-state index >= 15 is 0 Å². The third-order valence-corrected chi connectivity index (χ3v) is 8.06. The summed E-state index contributed by atoms with van der Waals surface area (Å²) in [7, 11) is 0. The van der Waals surface area contributed by atoms with Crippen molar-refractivity contribution in [3.8, 4) is 11.5 Å². The van der Waals surface area contributed by atoms with Crippen molar-refractivity contribution in [2.45, 2.75) is 57.8 Å². The highest BCUT2D eigenvalue weighted by Crippen LogP contribution is 2.36. The molecular formula is C33H32O2. The third kappa shape index (κ3) is 4.46. The van der Waals surface area contributed by atoms with Crippen molar-refractivity contribution in [1.82, 2.24) is 0 Å². The molecule has 12 rings (SSSR count). The number of phenolic OH excluding ortho intramolecular Hbond substituents is 2. The first-order chi connectivity index (χ1) is 17.1. The van der Waals surface area contributed by atoms with E-state index in [1.807, 2.05) is 0 Å². The fraction of sp³-hybridized carbons (Fsp3) is 0.273. The Morgan fingerprint density at radius 3 is 1.00 bits per heavy atom. The topological polar surface area (TPSA) is 40.5 Å². The molecule has 0 aromatic heterocycles. The van der Waals surface area contributed by atoms with Gasteiger partial charge in [0.2, 0.25) is 0 Å². The monoisotopic (exact) mass is 460 g/mol. The van der Waals surface area contributed by atoms with Gasteiger partial charge in [-0.15, -0.1) is 0 Å². The molecule has 35 heavy (non-hydrogen) atoms. The molecule has 8 bridgehead atoms. The van der Waals surface area contributed by atoms with Crippen molar-refractivity contribution in [3.05, 3.63) is 128 Å². The van der Waals surface area contributed by atoms with Gasteiger partial charge in [-0.2, -0.15) is 0 Å². The highest BCUT2D eigenvalue weighted by Gasteiger charge is 2.20. The van der Waals surface area contributed by atoms with Crippen LogP contribution in [0.15, 0.2) is 72.8 Å². The van der Waals surface area contributed by atoms with Gasteiger partial charge in [-0.25, -0.2) is 0 Å². The van der Waals surface area contributed by atoms with E-state index < -0.39 is 0 Å². The Morgan fingerprint density at radius 2 is 0.657 bits per heavy atom. The molecule has 2 heteroatoms. The lowest BCUT2D eigenvalue weighted by atomic mass is 9.86. The molecule has 2 nitrogen and oxygen atoms in total. The van der Waals surface area contributed by atoms with Crippen LogP contribution in [0.5, 0.6) is 11.5 Å². The maximum Gasteiger partial charge on any atom is 0.122 e. The van der Waals surface area contributed by atoms with E-state index in [1.165, 1.54) is 33.4 Å². The van der Waals surface area contributed by atoms with E-state index in [-0.39, 0.29) is 0 Å². The van der Waals surface area contributed by atoms with Gasteiger partial charge >= 0.3 is 0 Å². The Hall–Kier alpha value is -3.52. The van der Waals surface area contributed by atoms with E-state index in [2.05, 4.69) is 72.8 Å². The van der Waals surface area contributed by atoms with E-state index in [4.69, 9.17) is 0 Å². The largest absolute Gasteiger partial charge is 0.507 e. The number of hydrogen-bond acceptors (Lipinski definition) is 2. The van der Waals surface area contributed by atoms with Crippen LogP contribution in [-0.2, 0) is 57.8 Å². The number of rotatable bonds is 2. The predicted molar refractivity (Wildman–Crippen MR) is 142 cm³/mol. The van der Waals surface area contributed by atoms with Gasteiger partial charge in [0.25, 0.3) is 0 Å². The van der Waals surface area contributed by atoms with Gasteiger partial charge < -0.3 is 10.2 Å². The summed E-state index contributed by atoms with van der Waals surface area (Å²) in [6.45, 7) is 0. The van der Waals surface area contributed by atoms with E-state index in [0.717, 1.165) is 73.6 Å². The minimum Gasteiger partial charge on any atom is -0.507 e. The number of benzene rings is 4. The molecule has 0 aliphatic heterocycles. The fourth-order valence-electron chi connectivity index (χ4n) is 5.76. The van der Waals surface area contributed by atoms with Crippen LogP contribution in [-0.4, -0.2) is 10.2 Å².